The molecule has 0 amide bonds. The molecule has 0 heterocycles. The topological polar surface area (TPSA) is 56.8 Å². The summed E-state index contributed by atoms with van der Waals surface area (Å²) in [6.45, 7) is 3.46. The van der Waals surface area contributed by atoms with Crippen LogP contribution < -0.4 is 5.32 Å². The van der Waals surface area contributed by atoms with Crippen LogP contribution in [0.2, 0.25) is 0 Å². The summed E-state index contributed by atoms with van der Waals surface area (Å²) in [6, 6.07) is 0. The van der Waals surface area contributed by atoms with Gasteiger partial charge in [-0.15, -0.1) is 0 Å². The molecule has 1 fully saturated rings. The van der Waals surface area contributed by atoms with Crippen LogP contribution in [-0.4, -0.2) is 51.6 Å². The lowest BCUT2D eigenvalue weighted by molar-refractivity contribution is -0.155. The molecule has 0 aromatic heterocycles. The second-order valence-corrected chi connectivity index (χ2v) is 4.68. The first-order valence-electron chi connectivity index (χ1n) is 6.62. The number of rotatable bonds is 7. The summed E-state index contributed by atoms with van der Waals surface area (Å²) in [4.78, 5) is 12.2. The van der Waals surface area contributed by atoms with Gasteiger partial charge in [-0.25, -0.2) is 0 Å². The molecule has 1 saturated carbocycles. The maximum atomic E-state index is 12.2. The van der Waals surface area contributed by atoms with Crippen LogP contribution >= 0.6 is 0 Å². The standard InChI is InChI=1S/C13H25NO4/c1-4-18-12(15)13(14-8-9-16-2)7-5-6-11(10-13)17-3/h11,14H,4-10H2,1-3H3. The van der Waals surface area contributed by atoms with Crippen molar-refractivity contribution in [2.45, 2.75) is 44.2 Å². The molecule has 0 bridgehead atoms. The Labute approximate surface area is 109 Å². The van der Waals surface area contributed by atoms with Crippen molar-refractivity contribution >= 4 is 5.97 Å². The van der Waals surface area contributed by atoms with E-state index in [-0.39, 0.29) is 12.1 Å². The maximum absolute atomic E-state index is 12.2. The monoisotopic (exact) mass is 259 g/mol. The van der Waals surface area contributed by atoms with Gasteiger partial charge < -0.3 is 14.2 Å². The highest BCUT2D eigenvalue weighted by Crippen LogP contribution is 2.31. The van der Waals surface area contributed by atoms with E-state index in [1.54, 1.807) is 14.2 Å². The van der Waals surface area contributed by atoms with Gasteiger partial charge in [0, 0.05) is 27.2 Å². The average molecular weight is 259 g/mol. The highest BCUT2D eigenvalue weighted by atomic mass is 16.5. The molecule has 18 heavy (non-hydrogen) atoms. The lowest BCUT2D eigenvalue weighted by Crippen LogP contribution is -2.57. The second-order valence-electron chi connectivity index (χ2n) is 4.68. The molecule has 5 heteroatoms. The number of nitrogens with one attached hydrogen (secondary N) is 1. The Morgan fingerprint density at radius 1 is 1.44 bits per heavy atom. The first kappa shape index (κ1) is 15.4. The first-order chi connectivity index (χ1) is 8.68. The normalized spacial score (nSPS) is 28.1. The van der Waals surface area contributed by atoms with Gasteiger partial charge >= 0.3 is 5.97 Å². The lowest BCUT2D eigenvalue weighted by Gasteiger charge is -2.39. The summed E-state index contributed by atoms with van der Waals surface area (Å²) in [5.41, 5.74) is -0.604. The molecule has 0 aliphatic heterocycles. The van der Waals surface area contributed by atoms with Crippen molar-refractivity contribution in [2.24, 2.45) is 0 Å². The zero-order valence-corrected chi connectivity index (χ0v) is 11.7. The minimum absolute atomic E-state index is 0.123. The van der Waals surface area contributed by atoms with E-state index in [0.29, 0.717) is 26.2 Å². The Kier molecular flexibility index (Phi) is 6.60. The molecule has 1 aliphatic rings. The number of carbonyl (C=O) groups excluding carboxylic acids is 1. The summed E-state index contributed by atoms with van der Waals surface area (Å²) < 4.78 is 15.6. The fourth-order valence-corrected chi connectivity index (χ4v) is 2.51. The lowest BCUT2D eigenvalue weighted by atomic mass is 9.80. The van der Waals surface area contributed by atoms with Gasteiger partial charge in [-0.2, -0.15) is 0 Å². The Morgan fingerprint density at radius 3 is 2.83 bits per heavy atom. The van der Waals surface area contributed by atoms with Gasteiger partial charge in [0.05, 0.1) is 19.3 Å². The molecule has 2 unspecified atom stereocenters. The predicted octanol–water partition coefficient (Wildman–Crippen LogP) is 1.11. The third kappa shape index (κ3) is 3.93. The van der Waals surface area contributed by atoms with Crippen LogP contribution in [0, 0.1) is 0 Å². The molecule has 1 rings (SSSR count). The summed E-state index contributed by atoms with van der Waals surface area (Å²) >= 11 is 0. The van der Waals surface area contributed by atoms with E-state index in [1.165, 1.54) is 0 Å². The Balaban J connectivity index is 2.69. The molecular weight excluding hydrogens is 234 g/mol. The molecule has 0 aromatic rings. The number of hydrogen-bond donors (Lipinski definition) is 1. The van der Waals surface area contributed by atoms with E-state index in [1.807, 2.05) is 6.92 Å². The smallest absolute Gasteiger partial charge is 0.326 e. The molecule has 106 valence electrons. The van der Waals surface area contributed by atoms with Crippen molar-refractivity contribution in [1.82, 2.24) is 5.32 Å². The molecule has 0 radical (unpaired) electrons. The van der Waals surface area contributed by atoms with Crippen LogP contribution in [0.5, 0.6) is 0 Å². The largest absolute Gasteiger partial charge is 0.465 e. The molecule has 1 N–H and O–H groups in total. The van der Waals surface area contributed by atoms with Crippen LogP contribution in [0.4, 0.5) is 0 Å². The van der Waals surface area contributed by atoms with E-state index >= 15 is 0 Å². The number of esters is 1. The molecule has 0 aromatic carbocycles. The van der Waals surface area contributed by atoms with E-state index in [9.17, 15) is 4.79 Å². The number of hydrogen-bond acceptors (Lipinski definition) is 5. The van der Waals surface area contributed by atoms with E-state index in [0.717, 1.165) is 19.3 Å². The van der Waals surface area contributed by atoms with E-state index < -0.39 is 5.54 Å². The van der Waals surface area contributed by atoms with E-state index in [4.69, 9.17) is 14.2 Å². The fourth-order valence-electron chi connectivity index (χ4n) is 2.51. The summed E-state index contributed by atoms with van der Waals surface area (Å²) in [5, 5.41) is 3.31. The second kappa shape index (κ2) is 7.71. The van der Waals surface area contributed by atoms with Crippen LogP contribution in [0.1, 0.15) is 32.6 Å². The highest BCUT2D eigenvalue weighted by molar-refractivity contribution is 5.81. The van der Waals surface area contributed by atoms with Crippen molar-refractivity contribution < 1.29 is 19.0 Å². The average Bonchev–Trinajstić information content (AvgIpc) is 2.39. The fraction of sp³-hybridized carbons (Fsp3) is 0.923. The van der Waals surface area contributed by atoms with Gasteiger partial charge in [0.15, 0.2) is 0 Å². The third-order valence-electron chi connectivity index (χ3n) is 3.47. The zero-order chi connectivity index (χ0) is 13.4. The minimum Gasteiger partial charge on any atom is -0.465 e. The predicted molar refractivity (Wildman–Crippen MR) is 68.5 cm³/mol. The Hall–Kier alpha value is -0.650. The van der Waals surface area contributed by atoms with Crippen molar-refractivity contribution in [3.05, 3.63) is 0 Å². The summed E-state index contributed by atoms with van der Waals surface area (Å²) in [5.74, 6) is -0.164. The SMILES string of the molecule is CCOC(=O)C1(NCCOC)CCCC(OC)C1. The zero-order valence-electron chi connectivity index (χ0n) is 11.7. The van der Waals surface area contributed by atoms with Crippen LogP contribution in [0.3, 0.4) is 0 Å². The molecule has 1 aliphatic carbocycles. The maximum Gasteiger partial charge on any atom is 0.326 e. The van der Waals surface area contributed by atoms with Crippen LogP contribution in [0.15, 0.2) is 0 Å². The van der Waals surface area contributed by atoms with Crippen LogP contribution in [-0.2, 0) is 19.0 Å². The molecule has 0 spiro atoms. The Morgan fingerprint density at radius 2 is 2.22 bits per heavy atom. The van der Waals surface area contributed by atoms with Gasteiger partial charge in [0.1, 0.15) is 5.54 Å². The van der Waals surface area contributed by atoms with Crippen LogP contribution in [0.25, 0.3) is 0 Å². The summed E-state index contributed by atoms with van der Waals surface area (Å²) in [6.07, 6.45) is 3.57. The highest BCUT2D eigenvalue weighted by Gasteiger charge is 2.43. The quantitative estimate of drug-likeness (QED) is 0.548. The van der Waals surface area contributed by atoms with Gasteiger partial charge in [-0.3, -0.25) is 10.1 Å². The van der Waals surface area contributed by atoms with Gasteiger partial charge in [-0.05, 0) is 26.2 Å². The minimum atomic E-state index is -0.604. The Bertz CT molecular complexity index is 259. The number of methoxy groups -OCH3 is 2. The summed E-state index contributed by atoms with van der Waals surface area (Å²) in [7, 11) is 3.35. The van der Waals surface area contributed by atoms with E-state index in [2.05, 4.69) is 5.32 Å². The van der Waals surface area contributed by atoms with Crippen molar-refractivity contribution in [3.8, 4) is 0 Å². The molecule has 0 saturated heterocycles. The van der Waals surface area contributed by atoms with Crippen molar-refractivity contribution in [1.29, 1.82) is 0 Å². The van der Waals surface area contributed by atoms with Gasteiger partial charge in [0.2, 0.25) is 0 Å². The molecule has 5 nitrogen and oxygen atoms in total. The van der Waals surface area contributed by atoms with Gasteiger partial charge in [0.25, 0.3) is 0 Å². The molecule has 2 atom stereocenters. The number of carbonyl (C=O) groups is 1. The van der Waals surface area contributed by atoms with Crippen molar-refractivity contribution in [2.75, 3.05) is 34.0 Å². The molecular formula is C13H25NO4. The van der Waals surface area contributed by atoms with Crippen molar-refractivity contribution in [3.63, 3.8) is 0 Å². The first-order valence-corrected chi connectivity index (χ1v) is 6.62. The van der Waals surface area contributed by atoms with Gasteiger partial charge in [-0.1, -0.05) is 0 Å². The number of ether oxygens (including phenoxy) is 3. The third-order valence-corrected chi connectivity index (χ3v) is 3.47.